The van der Waals surface area contributed by atoms with Gasteiger partial charge in [-0.3, -0.25) is 0 Å². The van der Waals surface area contributed by atoms with Gasteiger partial charge in [-0.05, 0) is 57.6 Å². The third-order valence-electron chi connectivity index (χ3n) is 5.06. The van der Waals surface area contributed by atoms with Crippen molar-refractivity contribution in [3.63, 3.8) is 0 Å². The second-order valence-electron chi connectivity index (χ2n) is 6.50. The summed E-state index contributed by atoms with van der Waals surface area (Å²) in [5, 5.41) is 4.58. The minimum Gasteiger partial charge on any atom is -0.312 e. The Bertz CT molecular complexity index is 421. The van der Waals surface area contributed by atoms with Crippen molar-refractivity contribution in [2.75, 3.05) is 20.6 Å². The second kappa shape index (κ2) is 7.62. The molecule has 0 amide bonds. The Hall–Kier alpha value is -0.570. The topological polar surface area (TPSA) is 15.3 Å². The zero-order valence-electron chi connectivity index (χ0n) is 13.7. The highest BCUT2D eigenvalue weighted by Crippen LogP contribution is 2.36. The van der Waals surface area contributed by atoms with Crippen LogP contribution in [-0.4, -0.2) is 37.1 Å². The van der Waals surface area contributed by atoms with Gasteiger partial charge in [0.1, 0.15) is 0 Å². The molecule has 0 saturated heterocycles. The first-order valence-electron chi connectivity index (χ1n) is 8.24. The maximum Gasteiger partial charge on any atom is 0.0406 e. The van der Waals surface area contributed by atoms with Crippen molar-refractivity contribution in [2.24, 2.45) is 0 Å². The predicted octanol–water partition coefficient (Wildman–Crippen LogP) is 4.13. The molecule has 1 atom stereocenters. The maximum absolute atomic E-state index is 6.01. The Morgan fingerprint density at radius 3 is 2.29 bits per heavy atom. The van der Waals surface area contributed by atoms with Crippen LogP contribution < -0.4 is 5.32 Å². The summed E-state index contributed by atoms with van der Waals surface area (Å²) >= 11 is 6.01. The van der Waals surface area contributed by atoms with E-state index in [4.69, 9.17) is 11.6 Å². The average molecular weight is 309 g/mol. The lowest BCUT2D eigenvalue weighted by molar-refractivity contribution is 0.0575. The molecule has 0 aromatic heterocycles. The molecule has 21 heavy (non-hydrogen) atoms. The van der Waals surface area contributed by atoms with Gasteiger partial charge < -0.3 is 10.2 Å². The first kappa shape index (κ1) is 16.8. The fourth-order valence-electron chi connectivity index (χ4n) is 3.83. The fraction of sp³-hybridized carbons (Fsp3) is 0.667. The van der Waals surface area contributed by atoms with E-state index in [0.717, 1.165) is 18.0 Å². The predicted molar refractivity (Wildman–Crippen MR) is 92.1 cm³/mol. The van der Waals surface area contributed by atoms with Gasteiger partial charge in [0.25, 0.3) is 0 Å². The number of halogens is 1. The van der Waals surface area contributed by atoms with Gasteiger partial charge in [-0.1, -0.05) is 49.9 Å². The van der Waals surface area contributed by atoms with Crippen molar-refractivity contribution in [3.05, 3.63) is 34.9 Å². The number of nitrogens with zero attached hydrogens (tertiary/aromatic N) is 1. The summed E-state index contributed by atoms with van der Waals surface area (Å²) < 4.78 is 0. The van der Waals surface area contributed by atoms with E-state index in [0.29, 0.717) is 6.04 Å². The zero-order chi connectivity index (χ0) is 15.3. The van der Waals surface area contributed by atoms with Crippen LogP contribution in [0.15, 0.2) is 24.3 Å². The number of hydrogen-bond donors (Lipinski definition) is 1. The highest BCUT2D eigenvalue weighted by atomic mass is 35.5. The Morgan fingerprint density at radius 2 is 1.76 bits per heavy atom. The van der Waals surface area contributed by atoms with Gasteiger partial charge >= 0.3 is 0 Å². The Kier molecular flexibility index (Phi) is 6.09. The van der Waals surface area contributed by atoms with E-state index in [1.807, 2.05) is 12.1 Å². The van der Waals surface area contributed by atoms with Crippen LogP contribution in [0, 0.1) is 0 Å². The molecule has 118 valence electrons. The summed E-state index contributed by atoms with van der Waals surface area (Å²) in [7, 11) is 4.50. The molecule has 3 heteroatoms. The first-order valence-corrected chi connectivity index (χ1v) is 8.61. The summed E-state index contributed by atoms with van der Waals surface area (Å²) in [6, 6.07) is 8.84. The van der Waals surface area contributed by atoms with Gasteiger partial charge in [0.15, 0.2) is 0 Å². The SMILES string of the molecule is CCNC(Cc1ccc(Cl)cc1)C1(N(C)C)CCCCC1. The van der Waals surface area contributed by atoms with Gasteiger partial charge in [0.05, 0.1) is 0 Å². The fourth-order valence-corrected chi connectivity index (χ4v) is 3.95. The minimum absolute atomic E-state index is 0.286. The molecular weight excluding hydrogens is 280 g/mol. The van der Waals surface area contributed by atoms with Crippen LogP contribution in [0.4, 0.5) is 0 Å². The van der Waals surface area contributed by atoms with Crippen molar-refractivity contribution in [2.45, 2.75) is 57.0 Å². The van der Waals surface area contributed by atoms with E-state index in [1.165, 1.54) is 37.7 Å². The quantitative estimate of drug-likeness (QED) is 0.850. The van der Waals surface area contributed by atoms with Crippen LogP contribution in [0.1, 0.15) is 44.6 Å². The van der Waals surface area contributed by atoms with E-state index < -0.39 is 0 Å². The van der Waals surface area contributed by atoms with Crippen LogP contribution in [0.25, 0.3) is 0 Å². The molecule has 1 N–H and O–H groups in total. The highest BCUT2D eigenvalue weighted by Gasteiger charge is 2.41. The molecule has 2 rings (SSSR count). The lowest BCUT2D eigenvalue weighted by Gasteiger charge is -2.49. The Labute approximate surface area is 134 Å². The molecule has 1 fully saturated rings. The lowest BCUT2D eigenvalue weighted by Crippen LogP contribution is -2.60. The smallest absolute Gasteiger partial charge is 0.0406 e. The van der Waals surface area contributed by atoms with E-state index in [9.17, 15) is 0 Å². The number of rotatable bonds is 6. The molecule has 0 heterocycles. The van der Waals surface area contributed by atoms with Crippen LogP contribution in [0.5, 0.6) is 0 Å². The van der Waals surface area contributed by atoms with Gasteiger partial charge in [-0.15, -0.1) is 0 Å². The average Bonchev–Trinajstić information content (AvgIpc) is 2.49. The first-order chi connectivity index (χ1) is 10.1. The largest absolute Gasteiger partial charge is 0.312 e. The molecule has 1 unspecified atom stereocenters. The lowest BCUT2D eigenvalue weighted by atomic mass is 9.73. The van der Waals surface area contributed by atoms with Crippen LogP contribution in [0.3, 0.4) is 0 Å². The highest BCUT2D eigenvalue weighted by molar-refractivity contribution is 6.30. The normalized spacial score (nSPS) is 19.7. The van der Waals surface area contributed by atoms with Gasteiger partial charge in [-0.25, -0.2) is 0 Å². The molecule has 1 aromatic rings. The third-order valence-corrected chi connectivity index (χ3v) is 5.31. The monoisotopic (exact) mass is 308 g/mol. The van der Waals surface area contributed by atoms with Crippen LogP contribution in [0.2, 0.25) is 5.02 Å². The molecule has 2 nitrogen and oxygen atoms in total. The van der Waals surface area contributed by atoms with E-state index >= 15 is 0 Å². The van der Waals surface area contributed by atoms with Crippen molar-refractivity contribution in [3.8, 4) is 0 Å². The van der Waals surface area contributed by atoms with Crippen LogP contribution >= 0.6 is 11.6 Å². The molecule has 1 aromatic carbocycles. The summed E-state index contributed by atoms with van der Waals surface area (Å²) in [6.07, 6.45) is 7.75. The van der Waals surface area contributed by atoms with Crippen molar-refractivity contribution >= 4 is 11.6 Å². The standard InChI is InChI=1S/C18H29ClN2/c1-4-20-17(14-15-8-10-16(19)11-9-15)18(21(2)3)12-6-5-7-13-18/h8-11,17,20H,4-7,12-14H2,1-3H3. The minimum atomic E-state index is 0.286. The molecule has 0 bridgehead atoms. The summed E-state index contributed by atoms with van der Waals surface area (Å²) in [6.45, 7) is 3.23. The van der Waals surface area contributed by atoms with E-state index in [2.05, 4.69) is 43.4 Å². The molecule has 0 aliphatic heterocycles. The molecular formula is C18H29ClN2. The van der Waals surface area contributed by atoms with E-state index in [1.54, 1.807) is 0 Å². The molecule has 0 radical (unpaired) electrons. The second-order valence-corrected chi connectivity index (χ2v) is 6.94. The Balaban J connectivity index is 2.20. The van der Waals surface area contributed by atoms with Crippen molar-refractivity contribution in [1.29, 1.82) is 0 Å². The molecule has 1 aliphatic carbocycles. The summed E-state index contributed by atoms with van der Waals surface area (Å²) in [5.41, 5.74) is 1.66. The summed E-state index contributed by atoms with van der Waals surface area (Å²) in [4.78, 5) is 2.47. The molecule has 1 aliphatic rings. The zero-order valence-corrected chi connectivity index (χ0v) is 14.4. The number of likely N-dealkylation sites (N-methyl/N-ethyl adjacent to an activating group) is 2. The molecule has 0 spiro atoms. The third kappa shape index (κ3) is 4.00. The number of hydrogen-bond acceptors (Lipinski definition) is 2. The summed E-state index contributed by atoms with van der Waals surface area (Å²) in [5.74, 6) is 0. The van der Waals surface area contributed by atoms with Gasteiger partial charge in [-0.2, -0.15) is 0 Å². The number of nitrogens with one attached hydrogen (secondary N) is 1. The van der Waals surface area contributed by atoms with Crippen LogP contribution in [-0.2, 0) is 6.42 Å². The van der Waals surface area contributed by atoms with Gasteiger partial charge in [0.2, 0.25) is 0 Å². The molecule has 1 saturated carbocycles. The maximum atomic E-state index is 6.01. The van der Waals surface area contributed by atoms with Crippen molar-refractivity contribution in [1.82, 2.24) is 10.2 Å². The van der Waals surface area contributed by atoms with E-state index in [-0.39, 0.29) is 5.54 Å². The number of benzene rings is 1. The Morgan fingerprint density at radius 1 is 1.14 bits per heavy atom. The van der Waals surface area contributed by atoms with Crippen molar-refractivity contribution < 1.29 is 0 Å². The van der Waals surface area contributed by atoms with Gasteiger partial charge in [0, 0.05) is 16.6 Å².